The topological polar surface area (TPSA) is 78.5 Å². The van der Waals surface area contributed by atoms with Crippen molar-refractivity contribution in [3.63, 3.8) is 0 Å². The van der Waals surface area contributed by atoms with Gasteiger partial charge in [-0.2, -0.15) is 4.31 Å². The predicted octanol–water partition coefficient (Wildman–Crippen LogP) is 1.49. The molecule has 0 radical (unpaired) electrons. The summed E-state index contributed by atoms with van der Waals surface area (Å²) < 4.78 is 27.4. The second-order valence-electron chi connectivity index (χ2n) is 6.94. The molecule has 138 valence electrons. The van der Waals surface area contributed by atoms with E-state index in [0.717, 1.165) is 32.2 Å². The number of rotatable bonds is 4. The first-order chi connectivity index (χ1) is 12.0. The molecule has 7 heteroatoms. The maximum atomic E-state index is 13.0. The Kier molecular flexibility index (Phi) is 5.76. The minimum Gasteiger partial charge on any atom is -0.350 e. The average Bonchev–Trinajstić information content (AvgIpc) is 2.64. The van der Waals surface area contributed by atoms with Crippen molar-refractivity contribution in [3.05, 3.63) is 30.3 Å². The highest BCUT2D eigenvalue weighted by atomic mass is 32.2. The van der Waals surface area contributed by atoms with Gasteiger partial charge >= 0.3 is 0 Å². The lowest BCUT2D eigenvalue weighted by Crippen LogP contribution is -2.58. The van der Waals surface area contributed by atoms with Crippen molar-refractivity contribution in [1.29, 1.82) is 0 Å². The van der Waals surface area contributed by atoms with Gasteiger partial charge in [-0.25, -0.2) is 8.42 Å². The zero-order chi connectivity index (χ0) is 17.9. The van der Waals surface area contributed by atoms with E-state index in [1.807, 2.05) is 0 Å². The monoisotopic (exact) mass is 365 g/mol. The minimum absolute atomic E-state index is 0.0597. The van der Waals surface area contributed by atoms with Crippen LogP contribution in [0.5, 0.6) is 0 Å². The summed E-state index contributed by atoms with van der Waals surface area (Å²) in [7, 11) is -3.65. The van der Waals surface area contributed by atoms with Gasteiger partial charge in [-0.05, 0) is 51.3 Å². The van der Waals surface area contributed by atoms with Crippen LogP contribution in [0.4, 0.5) is 0 Å². The van der Waals surface area contributed by atoms with Crippen molar-refractivity contribution in [2.45, 2.75) is 62.0 Å². The molecule has 2 N–H and O–H groups in total. The number of carbonyl (C=O) groups is 1. The van der Waals surface area contributed by atoms with Crippen LogP contribution in [0.2, 0.25) is 0 Å². The second kappa shape index (κ2) is 7.85. The summed E-state index contributed by atoms with van der Waals surface area (Å²) in [6.45, 7) is 3.42. The van der Waals surface area contributed by atoms with E-state index >= 15 is 0 Å². The van der Waals surface area contributed by atoms with Gasteiger partial charge in [-0.15, -0.1) is 0 Å². The van der Waals surface area contributed by atoms with Crippen LogP contribution in [-0.2, 0) is 14.8 Å². The van der Waals surface area contributed by atoms with Crippen LogP contribution < -0.4 is 10.6 Å². The molecule has 0 spiro atoms. The van der Waals surface area contributed by atoms with Crippen LogP contribution in [0.15, 0.2) is 35.2 Å². The van der Waals surface area contributed by atoms with Gasteiger partial charge < -0.3 is 10.6 Å². The van der Waals surface area contributed by atoms with Gasteiger partial charge in [-0.3, -0.25) is 4.79 Å². The van der Waals surface area contributed by atoms with Gasteiger partial charge in [0.1, 0.15) is 6.04 Å². The Morgan fingerprint density at radius 2 is 1.92 bits per heavy atom. The zero-order valence-corrected chi connectivity index (χ0v) is 15.5. The molecule has 3 rings (SSSR count). The summed E-state index contributed by atoms with van der Waals surface area (Å²) >= 11 is 0. The van der Waals surface area contributed by atoms with Crippen LogP contribution in [0.25, 0.3) is 0 Å². The molecule has 0 saturated carbocycles. The molecule has 2 saturated heterocycles. The van der Waals surface area contributed by atoms with E-state index in [0.29, 0.717) is 13.0 Å². The van der Waals surface area contributed by atoms with E-state index in [-0.39, 0.29) is 22.9 Å². The summed E-state index contributed by atoms with van der Waals surface area (Å²) in [5.41, 5.74) is 0. The lowest BCUT2D eigenvalue weighted by Gasteiger charge is -2.36. The lowest BCUT2D eigenvalue weighted by molar-refractivity contribution is -0.126. The van der Waals surface area contributed by atoms with E-state index in [4.69, 9.17) is 0 Å². The molecular weight excluding hydrogens is 338 g/mol. The molecule has 2 fully saturated rings. The first kappa shape index (κ1) is 18.4. The van der Waals surface area contributed by atoms with Crippen LogP contribution in [0.3, 0.4) is 0 Å². The third-order valence-electron chi connectivity index (χ3n) is 5.20. The fourth-order valence-electron chi connectivity index (χ4n) is 3.70. The van der Waals surface area contributed by atoms with Crippen LogP contribution in [0.1, 0.15) is 39.0 Å². The van der Waals surface area contributed by atoms with Crippen molar-refractivity contribution < 1.29 is 13.2 Å². The average molecular weight is 365 g/mol. The highest BCUT2D eigenvalue weighted by Crippen LogP contribution is 2.25. The number of benzene rings is 1. The Morgan fingerprint density at radius 1 is 1.16 bits per heavy atom. The molecule has 2 aliphatic heterocycles. The molecule has 0 aromatic heterocycles. The maximum Gasteiger partial charge on any atom is 0.243 e. The molecule has 1 aromatic rings. The van der Waals surface area contributed by atoms with Crippen molar-refractivity contribution >= 4 is 15.9 Å². The number of nitrogens with one attached hydrogen (secondary N) is 2. The quantitative estimate of drug-likeness (QED) is 0.847. The molecule has 2 heterocycles. The number of piperidine rings is 2. The van der Waals surface area contributed by atoms with Gasteiger partial charge in [0.15, 0.2) is 0 Å². The molecule has 0 bridgehead atoms. The van der Waals surface area contributed by atoms with Gasteiger partial charge in [0.05, 0.1) is 4.90 Å². The highest BCUT2D eigenvalue weighted by Gasteiger charge is 2.38. The summed E-state index contributed by atoms with van der Waals surface area (Å²) in [6.07, 6.45) is 4.19. The first-order valence-electron chi connectivity index (χ1n) is 9.11. The molecule has 6 nitrogen and oxygen atoms in total. The SMILES string of the molecule is CC1NCCCC1NC(=O)C1CCCCN1S(=O)(=O)c1ccccc1. The van der Waals surface area contributed by atoms with Crippen molar-refractivity contribution in [2.75, 3.05) is 13.1 Å². The third kappa shape index (κ3) is 4.04. The Bertz CT molecular complexity index is 693. The van der Waals surface area contributed by atoms with E-state index in [1.165, 1.54) is 4.31 Å². The molecule has 1 aromatic carbocycles. The Labute approximate surface area is 150 Å². The molecule has 0 aliphatic carbocycles. The normalized spacial score (nSPS) is 28.4. The van der Waals surface area contributed by atoms with Crippen LogP contribution in [0, 0.1) is 0 Å². The van der Waals surface area contributed by atoms with Gasteiger partial charge in [0, 0.05) is 18.6 Å². The zero-order valence-electron chi connectivity index (χ0n) is 14.6. The van der Waals surface area contributed by atoms with Crippen molar-refractivity contribution in [1.82, 2.24) is 14.9 Å². The molecule has 25 heavy (non-hydrogen) atoms. The summed E-state index contributed by atoms with van der Waals surface area (Å²) in [5.74, 6) is -0.167. The van der Waals surface area contributed by atoms with Crippen LogP contribution >= 0.6 is 0 Å². The lowest BCUT2D eigenvalue weighted by atomic mass is 9.98. The van der Waals surface area contributed by atoms with E-state index in [2.05, 4.69) is 17.6 Å². The smallest absolute Gasteiger partial charge is 0.243 e. The minimum atomic E-state index is -3.65. The van der Waals surface area contributed by atoms with Crippen molar-refractivity contribution in [2.24, 2.45) is 0 Å². The van der Waals surface area contributed by atoms with Crippen LogP contribution in [-0.4, -0.2) is 49.8 Å². The largest absolute Gasteiger partial charge is 0.350 e. The number of amides is 1. The fraction of sp³-hybridized carbons (Fsp3) is 0.611. The standard InChI is InChI=1S/C18H27N3O3S/c1-14-16(10-7-12-19-14)20-18(22)17-11-5-6-13-21(17)25(23,24)15-8-3-2-4-9-15/h2-4,8-9,14,16-17,19H,5-7,10-13H2,1H3,(H,20,22). The number of carbonyl (C=O) groups excluding carboxylic acids is 1. The summed E-state index contributed by atoms with van der Waals surface area (Å²) in [6, 6.07) is 8.04. The van der Waals surface area contributed by atoms with Gasteiger partial charge in [-0.1, -0.05) is 24.6 Å². The second-order valence-corrected chi connectivity index (χ2v) is 8.83. The molecule has 3 unspecified atom stereocenters. The molecule has 3 atom stereocenters. The van der Waals surface area contributed by atoms with E-state index in [9.17, 15) is 13.2 Å². The number of nitrogens with zero attached hydrogens (tertiary/aromatic N) is 1. The Morgan fingerprint density at radius 3 is 2.64 bits per heavy atom. The number of hydrogen-bond donors (Lipinski definition) is 2. The number of sulfonamides is 1. The Balaban J connectivity index is 1.77. The molecule has 1 amide bonds. The molecule has 2 aliphatic rings. The van der Waals surface area contributed by atoms with Gasteiger partial charge in [0.25, 0.3) is 0 Å². The first-order valence-corrected chi connectivity index (χ1v) is 10.5. The fourth-order valence-corrected chi connectivity index (χ4v) is 5.38. The third-order valence-corrected chi connectivity index (χ3v) is 7.12. The maximum absolute atomic E-state index is 13.0. The highest BCUT2D eigenvalue weighted by molar-refractivity contribution is 7.89. The number of hydrogen-bond acceptors (Lipinski definition) is 4. The van der Waals surface area contributed by atoms with E-state index in [1.54, 1.807) is 30.3 Å². The molecular formula is C18H27N3O3S. The van der Waals surface area contributed by atoms with E-state index < -0.39 is 16.1 Å². The summed E-state index contributed by atoms with van der Waals surface area (Å²) in [4.78, 5) is 13.1. The Hall–Kier alpha value is -1.44. The summed E-state index contributed by atoms with van der Waals surface area (Å²) in [5, 5.41) is 6.45. The van der Waals surface area contributed by atoms with Crippen molar-refractivity contribution in [3.8, 4) is 0 Å². The van der Waals surface area contributed by atoms with Gasteiger partial charge in [0.2, 0.25) is 15.9 Å². The predicted molar refractivity (Wildman–Crippen MR) is 96.6 cm³/mol.